The second-order valence-corrected chi connectivity index (χ2v) is 5.50. The van der Waals surface area contributed by atoms with E-state index < -0.39 is 0 Å². The van der Waals surface area contributed by atoms with E-state index in [1.807, 2.05) is 16.7 Å². The fourth-order valence-corrected chi connectivity index (χ4v) is 3.54. The molecule has 2 saturated heterocycles. The van der Waals surface area contributed by atoms with Crippen LogP contribution in [0.25, 0.3) is 0 Å². The number of carbonyl (C=O) groups is 1. The van der Waals surface area contributed by atoms with Gasteiger partial charge in [-0.05, 0) is 31.1 Å². The third-order valence-electron chi connectivity index (χ3n) is 3.23. The monoisotopic (exact) mass is 241 g/mol. The standard InChI is InChI=1S/C12H19NO2S/c1-2-12(14)13(10-5-7-16-9-10)8-11-4-3-6-15-11/h2,10-11H,1,3-9H2/t10-,11+/m1/s1. The average molecular weight is 241 g/mol. The van der Waals surface area contributed by atoms with Gasteiger partial charge in [0.25, 0.3) is 0 Å². The van der Waals surface area contributed by atoms with Crippen molar-refractivity contribution in [1.29, 1.82) is 0 Å². The van der Waals surface area contributed by atoms with Crippen molar-refractivity contribution < 1.29 is 9.53 Å². The van der Waals surface area contributed by atoms with E-state index in [0.29, 0.717) is 6.04 Å². The second-order valence-electron chi connectivity index (χ2n) is 4.35. The quantitative estimate of drug-likeness (QED) is 0.701. The molecule has 3 nitrogen and oxygen atoms in total. The molecular formula is C12H19NO2S. The Morgan fingerprint density at radius 1 is 1.56 bits per heavy atom. The molecule has 0 N–H and O–H groups in total. The Bertz CT molecular complexity index is 258. The van der Waals surface area contributed by atoms with E-state index in [1.54, 1.807) is 0 Å². The Hall–Kier alpha value is -0.480. The van der Waals surface area contributed by atoms with Crippen molar-refractivity contribution in [3.8, 4) is 0 Å². The lowest BCUT2D eigenvalue weighted by atomic mass is 10.1. The first-order valence-corrected chi connectivity index (χ1v) is 7.09. The Balaban J connectivity index is 1.95. The number of amides is 1. The largest absolute Gasteiger partial charge is 0.376 e. The number of nitrogens with zero attached hydrogens (tertiary/aromatic N) is 1. The molecule has 2 rings (SSSR count). The van der Waals surface area contributed by atoms with E-state index in [-0.39, 0.29) is 12.0 Å². The fourth-order valence-electron chi connectivity index (χ4n) is 2.31. The van der Waals surface area contributed by atoms with Gasteiger partial charge in [-0.2, -0.15) is 11.8 Å². The fraction of sp³-hybridized carbons (Fsp3) is 0.750. The zero-order valence-electron chi connectivity index (χ0n) is 9.56. The first-order valence-electron chi connectivity index (χ1n) is 5.93. The molecule has 1 amide bonds. The minimum absolute atomic E-state index is 0.0583. The van der Waals surface area contributed by atoms with Crippen LogP contribution in [0.1, 0.15) is 19.3 Å². The normalized spacial score (nSPS) is 29.2. The van der Waals surface area contributed by atoms with Crippen LogP contribution in [0.2, 0.25) is 0 Å². The average Bonchev–Trinajstić information content (AvgIpc) is 2.97. The minimum Gasteiger partial charge on any atom is -0.376 e. The smallest absolute Gasteiger partial charge is 0.246 e. The lowest BCUT2D eigenvalue weighted by molar-refractivity contribution is -0.129. The van der Waals surface area contributed by atoms with Gasteiger partial charge in [-0.3, -0.25) is 4.79 Å². The highest BCUT2D eigenvalue weighted by Gasteiger charge is 2.29. The molecule has 0 aromatic carbocycles. The zero-order valence-corrected chi connectivity index (χ0v) is 10.4. The van der Waals surface area contributed by atoms with Crippen LogP contribution in [0.3, 0.4) is 0 Å². The molecule has 2 aliphatic rings. The Labute approximate surface area is 101 Å². The lowest BCUT2D eigenvalue weighted by Crippen LogP contribution is -2.43. The van der Waals surface area contributed by atoms with Crippen molar-refractivity contribution in [2.75, 3.05) is 24.7 Å². The van der Waals surface area contributed by atoms with Crippen LogP contribution in [-0.2, 0) is 9.53 Å². The highest BCUT2D eigenvalue weighted by molar-refractivity contribution is 7.99. The van der Waals surface area contributed by atoms with Crippen molar-refractivity contribution in [2.45, 2.75) is 31.4 Å². The Morgan fingerprint density at radius 3 is 3.00 bits per heavy atom. The Morgan fingerprint density at radius 2 is 2.44 bits per heavy atom. The number of rotatable bonds is 4. The van der Waals surface area contributed by atoms with E-state index in [2.05, 4.69) is 6.58 Å². The van der Waals surface area contributed by atoms with Crippen LogP contribution in [-0.4, -0.2) is 47.6 Å². The van der Waals surface area contributed by atoms with Gasteiger partial charge >= 0.3 is 0 Å². The van der Waals surface area contributed by atoms with Gasteiger partial charge < -0.3 is 9.64 Å². The molecule has 90 valence electrons. The van der Waals surface area contributed by atoms with Gasteiger partial charge in [-0.1, -0.05) is 6.58 Å². The summed E-state index contributed by atoms with van der Waals surface area (Å²) in [5.41, 5.74) is 0. The third kappa shape index (κ3) is 2.80. The SMILES string of the molecule is C=CC(=O)N(C[C@@H]1CCCO1)[C@@H]1CCSC1. The summed E-state index contributed by atoms with van der Waals surface area (Å²) in [5.74, 6) is 2.28. The summed E-state index contributed by atoms with van der Waals surface area (Å²) in [6, 6.07) is 0.389. The van der Waals surface area contributed by atoms with Gasteiger partial charge in [0.1, 0.15) is 0 Å². The molecule has 0 aliphatic carbocycles. The first-order chi connectivity index (χ1) is 7.81. The van der Waals surface area contributed by atoms with E-state index in [9.17, 15) is 4.79 Å². The zero-order chi connectivity index (χ0) is 11.4. The lowest BCUT2D eigenvalue weighted by Gasteiger charge is -2.29. The van der Waals surface area contributed by atoms with Crippen molar-refractivity contribution in [1.82, 2.24) is 4.90 Å². The van der Waals surface area contributed by atoms with E-state index in [0.717, 1.165) is 43.9 Å². The van der Waals surface area contributed by atoms with Gasteiger partial charge in [0.05, 0.1) is 6.10 Å². The summed E-state index contributed by atoms with van der Waals surface area (Å²) in [4.78, 5) is 13.8. The summed E-state index contributed by atoms with van der Waals surface area (Å²) in [6.07, 6.45) is 4.99. The molecular weight excluding hydrogens is 222 g/mol. The van der Waals surface area contributed by atoms with Gasteiger partial charge in [-0.15, -0.1) is 0 Å². The molecule has 0 radical (unpaired) electrons. The summed E-state index contributed by atoms with van der Waals surface area (Å²) in [5, 5.41) is 0. The highest BCUT2D eigenvalue weighted by Crippen LogP contribution is 2.24. The molecule has 4 heteroatoms. The Kier molecular flexibility index (Phi) is 4.29. The number of hydrogen-bond donors (Lipinski definition) is 0. The molecule has 2 heterocycles. The molecule has 0 bridgehead atoms. The maximum atomic E-state index is 11.8. The number of ether oxygens (including phenoxy) is 1. The van der Waals surface area contributed by atoms with Crippen molar-refractivity contribution >= 4 is 17.7 Å². The second kappa shape index (κ2) is 5.73. The van der Waals surface area contributed by atoms with E-state index in [4.69, 9.17) is 4.74 Å². The van der Waals surface area contributed by atoms with E-state index >= 15 is 0 Å². The molecule has 0 aromatic heterocycles. The number of thioether (sulfide) groups is 1. The topological polar surface area (TPSA) is 29.5 Å². The van der Waals surface area contributed by atoms with Crippen molar-refractivity contribution in [2.24, 2.45) is 0 Å². The third-order valence-corrected chi connectivity index (χ3v) is 4.37. The molecule has 0 unspecified atom stereocenters. The summed E-state index contributed by atoms with van der Waals surface area (Å²) >= 11 is 1.93. The van der Waals surface area contributed by atoms with Crippen LogP contribution in [0.5, 0.6) is 0 Å². The van der Waals surface area contributed by atoms with Crippen LogP contribution in [0, 0.1) is 0 Å². The molecule has 2 atom stereocenters. The molecule has 2 fully saturated rings. The van der Waals surface area contributed by atoms with Gasteiger partial charge in [0, 0.05) is 24.9 Å². The molecule has 0 saturated carbocycles. The minimum atomic E-state index is 0.0583. The number of carbonyl (C=O) groups excluding carboxylic acids is 1. The van der Waals surface area contributed by atoms with Gasteiger partial charge in [-0.25, -0.2) is 0 Å². The maximum Gasteiger partial charge on any atom is 0.246 e. The predicted molar refractivity (Wildman–Crippen MR) is 66.6 cm³/mol. The molecule has 2 aliphatic heterocycles. The maximum absolute atomic E-state index is 11.8. The van der Waals surface area contributed by atoms with Crippen LogP contribution in [0.4, 0.5) is 0 Å². The van der Waals surface area contributed by atoms with Crippen molar-refractivity contribution in [3.63, 3.8) is 0 Å². The first kappa shape index (κ1) is 12.0. The van der Waals surface area contributed by atoms with Crippen LogP contribution < -0.4 is 0 Å². The van der Waals surface area contributed by atoms with Gasteiger partial charge in [0.15, 0.2) is 0 Å². The summed E-state index contributed by atoms with van der Waals surface area (Å²) < 4.78 is 5.60. The summed E-state index contributed by atoms with van der Waals surface area (Å²) in [6.45, 7) is 5.18. The molecule has 16 heavy (non-hydrogen) atoms. The van der Waals surface area contributed by atoms with Crippen molar-refractivity contribution in [3.05, 3.63) is 12.7 Å². The van der Waals surface area contributed by atoms with Gasteiger partial charge in [0.2, 0.25) is 5.91 Å². The number of hydrogen-bond acceptors (Lipinski definition) is 3. The highest BCUT2D eigenvalue weighted by atomic mass is 32.2. The van der Waals surface area contributed by atoms with Crippen LogP contribution in [0.15, 0.2) is 12.7 Å². The predicted octanol–water partition coefficient (Wildman–Crippen LogP) is 1.69. The molecule has 0 spiro atoms. The molecule has 0 aromatic rings. The summed E-state index contributed by atoms with van der Waals surface area (Å²) in [7, 11) is 0. The van der Waals surface area contributed by atoms with E-state index in [1.165, 1.54) is 6.08 Å². The van der Waals surface area contributed by atoms with Crippen LogP contribution >= 0.6 is 11.8 Å².